The van der Waals surface area contributed by atoms with Crippen LogP contribution in [0.5, 0.6) is 0 Å². The molecule has 0 bridgehead atoms. The van der Waals surface area contributed by atoms with Crippen molar-refractivity contribution in [3.05, 3.63) is 28.5 Å². The van der Waals surface area contributed by atoms with Crippen molar-refractivity contribution in [2.24, 2.45) is 0 Å². The van der Waals surface area contributed by atoms with Crippen LogP contribution in [0, 0.1) is 5.82 Å². The highest BCUT2D eigenvalue weighted by atomic mass is 79.9. The minimum atomic E-state index is -0.199. The number of hydrogen-bond donors (Lipinski definition) is 1. The highest BCUT2D eigenvalue weighted by molar-refractivity contribution is 9.10. The summed E-state index contributed by atoms with van der Waals surface area (Å²) in [6.45, 7) is 4.93. The minimum Gasteiger partial charge on any atom is -0.366 e. The topological polar surface area (TPSA) is 15.3 Å². The van der Waals surface area contributed by atoms with Gasteiger partial charge in [0, 0.05) is 23.6 Å². The van der Waals surface area contributed by atoms with E-state index in [4.69, 9.17) is 0 Å². The molecule has 2 nitrogen and oxygen atoms in total. The van der Waals surface area contributed by atoms with E-state index in [-0.39, 0.29) is 11.4 Å². The van der Waals surface area contributed by atoms with Gasteiger partial charge in [-0.05, 0) is 39.1 Å². The van der Waals surface area contributed by atoms with Gasteiger partial charge in [0.1, 0.15) is 5.82 Å². The van der Waals surface area contributed by atoms with E-state index in [2.05, 4.69) is 35.1 Å². The van der Waals surface area contributed by atoms with E-state index < -0.39 is 0 Å². The van der Waals surface area contributed by atoms with Crippen molar-refractivity contribution in [2.45, 2.75) is 19.4 Å². The second-order valence-electron chi connectivity index (χ2n) is 4.50. The molecule has 0 spiro atoms. The summed E-state index contributed by atoms with van der Waals surface area (Å²) in [6.07, 6.45) is 0. The van der Waals surface area contributed by atoms with Crippen LogP contribution in [0.4, 0.5) is 10.1 Å². The lowest BCUT2D eigenvalue weighted by molar-refractivity contribution is 0.456. The maximum absolute atomic E-state index is 13.7. The van der Waals surface area contributed by atoms with Gasteiger partial charge in [-0.2, -0.15) is 0 Å². The quantitative estimate of drug-likeness (QED) is 0.916. The van der Waals surface area contributed by atoms with Crippen LogP contribution in [0.3, 0.4) is 0 Å². The molecule has 16 heavy (non-hydrogen) atoms. The third-order valence-corrected chi connectivity index (χ3v) is 3.28. The van der Waals surface area contributed by atoms with Gasteiger partial charge in [0.25, 0.3) is 0 Å². The third-order valence-electron chi connectivity index (χ3n) is 2.79. The molecule has 90 valence electrons. The second-order valence-corrected chi connectivity index (χ2v) is 5.41. The molecule has 0 saturated carbocycles. The van der Waals surface area contributed by atoms with Gasteiger partial charge in [0.2, 0.25) is 0 Å². The molecular weight excluding hydrogens is 271 g/mol. The predicted octanol–water partition coefficient (Wildman–Crippen LogP) is 3.02. The van der Waals surface area contributed by atoms with Gasteiger partial charge in [-0.3, -0.25) is 0 Å². The number of nitrogens with zero attached hydrogens (tertiary/aromatic N) is 1. The lowest BCUT2D eigenvalue weighted by Crippen LogP contribution is -2.48. The summed E-state index contributed by atoms with van der Waals surface area (Å²) in [5, 5.41) is 3.12. The lowest BCUT2D eigenvalue weighted by Gasteiger charge is -2.37. The number of benzene rings is 1. The largest absolute Gasteiger partial charge is 0.366 e. The fourth-order valence-corrected chi connectivity index (χ4v) is 1.97. The Hall–Kier alpha value is -0.610. The van der Waals surface area contributed by atoms with Crippen LogP contribution >= 0.6 is 15.9 Å². The third kappa shape index (κ3) is 2.95. The molecule has 0 heterocycles. The first kappa shape index (κ1) is 13.5. The van der Waals surface area contributed by atoms with Gasteiger partial charge in [0.05, 0.1) is 5.69 Å². The van der Waals surface area contributed by atoms with Crippen molar-refractivity contribution in [3.8, 4) is 0 Å². The summed E-state index contributed by atoms with van der Waals surface area (Å²) >= 11 is 3.36. The lowest BCUT2D eigenvalue weighted by atomic mass is 10.0. The average Bonchev–Trinajstić information content (AvgIpc) is 2.20. The molecule has 1 N–H and O–H groups in total. The fraction of sp³-hybridized carbons (Fsp3) is 0.500. The van der Waals surface area contributed by atoms with Crippen LogP contribution < -0.4 is 10.2 Å². The number of hydrogen-bond acceptors (Lipinski definition) is 2. The highest BCUT2D eigenvalue weighted by Gasteiger charge is 2.24. The van der Waals surface area contributed by atoms with E-state index in [1.54, 1.807) is 12.1 Å². The maximum Gasteiger partial charge on any atom is 0.146 e. The van der Waals surface area contributed by atoms with Gasteiger partial charge in [-0.1, -0.05) is 15.9 Å². The zero-order valence-corrected chi connectivity index (χ0v) is 11.7. The molecule has 0 aliphatic rings. The zero-order chi connectivity index (χ0) is 12.3. The molecular formula is C12H18BrFN2. The molecule has 0 aliphatic heterocycles. The van der Waals surface area contributed by atoms with Crippen LogP contribution in [0.25, 0.3) is 0 Å². The summed E-state index contributed by atoms with van der Waals surface area (Å²) in [5.41, 5.74) is 0.464. The van der Waals surface area contributed by atoms with Gasteiger partial charge >= 0.3 is 0 Å². The molecule has 0 unspecified atom stereocenters. The average molecular weight is 289 g/mol. The summed E-state index contributed by atoms with van der Waals surface area (Å²) in [5.74, 6) is -0.199. The highest BCUT2D eigenvalue weighted by Crippen LogP contribution is 2.27. The first-order valence-corrected chi connectivity index (χ1v) is 6.01. The Bertz CT molecular complexity index is 366. The van der Waals surface area contributed by atoms with Gasteiger partial charge < -0.3 is 10.2 Å². The molecule has 1 aromatic rings. The monoisotopic (exact) mass is 288 g/mol. The van der Waals surface area contributed by atoms with Crippen molar-refractivity contribution in [2.75, 3.05) is 25.5 Å². The van der Waals surface area contributed by atoms with E-state index in [0.717, 1.165) is 11.0 Å². The first-order chi connectivity index (χ1) is 7.38. The minimum absolute atomic E-state index is 0.142. The number of anilines is 1. The van der Waals surface area contributed by atoms with Crippen molar-refractivity contribution in [3.63, 3.8) is 0 Å². The smallest absolute Gasteiger partial charge is 0.146 e. The van der Waals surface area contributed by atoms with E-state index in [1.165, 1.54) is 6.07 Å². The number of nitrogens with one attached hydrogen (secondary N) is 1. The SMILES string of the molecule is CNCC(C)(C)N(C)c1cc(Br)ccc1F. The Morgan fingerprint density at radius 3 is 2.62 bits per heavy atom. The van der Waals surface area contributed by atoms with E-state index in [0.29, 0.717) is 5.69 Å². The second kappa shape index (κ2) is 5.15. The normalized spacial score (nSPS) is 11.6. The predicted molar refractivity (Wildman–Crippen MR) is 70.5 cm³/mol. The summed E-state index contributed by atoms with van der Waals surface area (Å²) < 4.78 is 14.6. The summed E-state index contributed by atoms with van der Waals surface area (Å²) in [7, 11) is 3.80. The zero-order valence-electron chi connectivity index (χ0n) is 10.1. The maximum atomic E-state index is 13.7. The molecule has 1 aromatic carbocycles. The number of halogens is 2. The standard InChI is InChI=1S/C12H18BrFN2/c1-12(2,8-15-3)16(4)11-7-9(13)5-6-10(11)14/h5-7,15H,8H2,1-4H3. The van der Waals surface area contributed by atoms with E-state index >= 15 is 0 Å². The van der Waals surface area contributed by atoms with Crippen molar-refractivity contribution in [1.82, 2.24) is 5.32 Å². The van der Waals surface area contributed by atoms with Crippen molar-refractivity contribution < 1.29 is 4.39 Å². The Kier molecular flexibility index (Phi) is 4.33. The van der Waals surface area contributed by atoms with Crippen LogP contribution in [0.15, 0.2) is 22.7 Å². The van der Waals surface area contributed by atoms with Gasteiger partial charge in [-0.15, -0.1) is 0 Å². The summed E-state index contributed by atoms with van der Waals surface area (Å²) in [6, 6.07) is 4.98. The van der Waals surface area contributed by atoms with E-state index in [1.807, 2.05) is 19.0 Å². The molecule has 0 aromatic heterocycles. The van der Waals surface area contributed by atoms with Crippen molar-refractivity contribution >= 4 is 21.6 Å². The first-order valence-electron chi connectivity index (χ1n) is 5.22. The molecule has 0 aliphatic carbocycles. The Morgan fingerprint density at radius 1 is 1.44 bits per heavy atom. The Morgan fingerprint density at radius 2 is 2.06 bits per heavy atom. The number of likely N-dealkylation sites (N-methyl/N-ethyl adjacent to an activating group) is 2. The fourth-order valence-electron chi connectivity index (χ4n) is 1.62. The van der Waals surface area contributed by atoms with Crippen LogP contribution in [-0.2, 0) is 0 Å². The van der Waals surface area contributed by atoms with Gasteiger partial charge in [-0.25, -0.2) is 4.39 Å². The molecule has 0 atom stereocenters. The van der Waals surface area contributed by atoms with Crippen molar-refractivity contribution in [1.29, 1.82) is 0 Å². The van der Waals surface area contributed by atoms with Crippen LogP contribution in [-0.4, -0.2) is 26.2 Å². The molecule has 0 saturated heterocycles. The molecule has 4 heteroatoms. The van der Waals surface area contributed by atoms with Crippen LogP contribution in [0.2, 0.25) is 0 Å². The van der Waals surface area contributed by atoms with Crippen LogP contribution in [0.1, 0.15) is 13.8 Å². The summed E-state index contributed by atoms with van der Waals surface area (Å²) in [4.78, 5) is 1.95. The Labute approximate surface area is 105 Å². The number of rotatable bonds is 4. The molecule has 0 fully saturated rings. The molecule has 1 rings (SSSR count). The van der Waals surface area contributed by atoms with E-state index in [9.17, 15) is 4.39 Å². The van der Waals surface area contributed by atoms with Gasteiger partial charge in [0.15, 0.2) is 0 Å². The Balaban J connectivity index is 3.03. The molecule has 0 radical (unpaired) electrons. The molecule has 0 amide bonds.